The molecule has 1 fully saturated rings. The third-order valence-electron chi connectivity index (χ3n) is 6.93. The molecular weight excluding hydrogens is 489 g/mol. The summed E-state index contributed by atoms with van der Waals surface area (Å²) in [6, 6.07) is 12.7. The van der Waals surface area contributed by atoms with Crippen molar-refractivity contribution in [2.75, 3.05) is 13.2 Å². The van der Waals surface area contributed by atoms with E-state index in [1.165, 1.54) is 31.4 Å². The van der Waals surface area contributed by atoms with Crippen LogP contribution in [-0.4, -0.2) is 39.6 Å². The molecule has 0 spiro atoms. The third-order valence-corrected chi connectivity index (χ3v) is 6.93. The zero-order valence-electron chi connectivity index (χ0n) is 19.5. The molecule has 3 heterocycles. The summed E-state index contributed by atoms with van der Waals surface area (Å²) < 4.78 is 58.0. The Morgan fingerprint density at radius 1 is 1.00 bits per heavy atom. The molecule has 4 aromatic rings. The second-order valence-electron chi connectivity index (χ2n) is 9.34. The van der Waals surface area contributed by atoms with E-state index in [2.05, 4.69) is 20.6 Å². The highest BCUT2D eigenvalue weighted by Crippen LogP contribution is 2.43. The Balaban J connectivity index is 1.26. The summed E-state index contributed by atoms with van der Waals surface area (Å²) in [7, 11) is 0. The lowest BCUT2D eigenvalue weighted by molar-refractivity contribution is -0.136. The fourth-order valence-corrected chi connectivity index (χ4v) is 4.64. The maximum absolute atomic E-state index is 14.0. The van der Waals surface area contributed by atoms with Crippen molar-refractivity contribution < 1.29 is 32.1 Å². The summed E-state index contributed by atoms with van der Waals surface area (Å²) in [4.78, 5) is 4.14. The number of aromatic nitrogens is 3. The first-order valence-corrected chi connectivity index (χ1v) is 12.0. The van der Waals surface area contributed by atoms with Crippen LogP contribution in [0.4, 0.5) is 13.2 Å². The summed E-state index contributed by atoms with van der Waals surface area (Å²) in [5, 5.41) is 21.7. The van der Waals surface area contributed by atoms with Crippen molar-refractivity contribution in [1.82, 2.24) is 20.6 Å². The molecule has 0 bridgehead atoms. The highest BCUT2D eigenvalue weighted by molar-refractivity contribution is 5.71. The Morgan fingerprint density at radius 3 is 2.54 bits per heavy atom. The standard InChI is InChI=1S/C26H23F3N4O4/c27-26(28,29)20-21(15-7-2-1-3-8-15)32-36-23(20)25-31-24(33-37-25)16-9-10-17-19(11-16)35-13-18(22(17)34)30-12-14-5-4-6-14/h1-3,7-11,14,18,22,30,34H,4-6,12-13H2/t18-,22-/m0/s1. The molecule has 37 heavy (non-hydrogen) atoms. The van der Waals surface area contributed by atoms with Gasteiger partial charge in [-0.2, -0.15) is 18.2 Å². The van der Waals surface area contributed by atoms with Gasteiger partial charge in [0.05, 0.1) is 6.04 Å². The van der Waals surface area contributed by atoms with Gasteiger partial charge in [0.25, 0.3) is 5.89 Å². The number of fused-ring (bicyclic) bond motifs is 1. The molecule has 0 amide bonds. The SMILES string of the molecule is O[C@H]1c2ccc(-c3noc(-c4onc(-c5ccccc5)c4C(F)(F)F)n3)cc2OC[C@@H]1NCC1CCC1. The van der Waals surface area contributed by atoms with E-state index in [9.17, 15) is 18.3 Å². The lowest BCUT2D eigenvalue weighted by atomic mass is 9.85. The number of aliphatic hydroxyl groups is 1. The number of hydrogen-bond donors (Lipinski definition) is 2. The molecule has 1 aliphatic carbocycles. The van der Waals surface area contributed by atoms with E-state index in [0.717, 1.165) is 6.54 Å². The monoisotopic (exact) mass is 512 g/mol. The maximum atomic E-state index is 14.0. The summed E-state index contributed by atoms with van der Waals surface area (Å²) >= 11 is 0. The van der Waals surface area contributed by atoms with Crippen LogP contribution >= 0.6 is 0 Å². The quantitative estimate of drug-likeness (QED) is 0.360. The first kappa shape index (κ1) is 23.7. The van der Waals surface area contributed by atoms with Gasteiger partial charge in [0, 0.05) is 16.7 Å². The highest BCUT2D eigenvalue weighted by Gasteiger charge is 2.43. The number of halogens is 3. The Bertz CT molecular complexity index is 1400. The fourth-order valence-electron chi connectivity index (χ4n) is 4.64. The first-order valence-electron chi connectivity index (χ1n) is 12.0. The normalized spacial score (nSPS) is 19.8. The number of nitrogens with zero attached hydrogens (tertiary/aromatic N) is 3. The van der Waals surface area contributed by atoms with E-state index in [1.54, 1.807) is 36.4 Å². The molecule has 192 valence electrons. The molecule has 11 heteroatoms. The van der Waals surface area contributed by atoms with Gasteiger partial charge in [-0.05, 0) is 31.4 Å². The van der Waals surface area contributed by atoms with E-state index in [1.807, 2.05) is 0 Å². The topological polar surface area (TPSA) is 106 Å². The maximum Gasteiger partial charge on any atom is 0.422 e. The van der Waals surface area contributed by atoms with Gasteiger partial charge in [-0.3, -0.25) is 0 Å². The van der Waals surface area contributed by atoms with E-state index in [0.29, 0.717) is 22.8 Å². The second kappa shape index (κ2) is 9.31. The molecule has 2 aliphatic rings. The van der Waals surface area contributed by atoms with Gasteiger partial charge in [0.15, 0.2) is 0 Å². The Kier molecular flexibility index (Phi) is 5.96. The van der Waals surface area contributed by atoms with Crippen molar-refractivity contribution in [3.63, 3.8) is 0 Å². The molecule has 0 radical (unpaired) electrons. The van der Waals surface area contributed by atoms with Crippen LogP contribution in [0.5, 0.6) is 5.75 Å². The number of aliphatic hydroxyl groups excluding tert-OH is 1. The van der Waals surface area contributed by atoms with Crippen LogP contribution in [0.25, 0.3) is 34.3 Å². The summed E-state index contributed by atoms with van der Waals surface area (Å²) in [6.07, 6.45) is -1.86. The zero-order chi connectivity index (χ0) is 25.6. The number of nitrogens with one attached hydrogen (secondary N) is 1. The Labute approximate surface area is 209 Å². The number of ether oxygens (including phenoxy) is 1. The van der Waals surface area contributed by atoms with Crippen molar-refractivity contribution >= 4 is 0 Å². The van der Waals surface area contributed by atoms with Crippen LogP contribution in [0, 0.1) is 5.92 Å². The predicted octanol–water partition coefficient (Wildman–Crippen LogP) is 5.26. The average molecular weight is 512 g/mol. The van der Waals surface area contributed by atoms with Crippen LogP contribution in [0.2, 0.25) is 0 Å². The summed E-state index contributed by atoms with van der Waals surface area (Å²) in [6.45, 7) is 1.13. The molecule has 0 saturated heterocycles. The van der Waals surface area contributed by atoms with Crippen molar-refractivity contribution in [3.05, 3.63) is 59.7 Å². The molecule has 2 aromatic heterocycles. The summed E-state index contributed by atoms with van der Waals surface area (Å²) in [5.41, 5.74) is -0.133. The lowest BCUT2D eigenvalue weighted by Crippen LogP contribution is -2.45. The van der Waals surface area contributed by atoms with Gasteiger partial charge in [-0.15, -0.1) is 0 Å². The Hall–Kier alpha value is -3.70. The molecule has 2 aromatic carbocycles. The van der Waals surface area contributed by atoms with Crippen LogP contribution in [0.3, 0.4) is 0 Å². The molecular formula is C26H23F3N4O4. The number of benzene rings is 2. The molecule has 2 N–H and O–H groups in total. The van der Waals surface area contributed by atoms with Crippen LogP contribution < -0.4 is 10.1 Å². The van der Waals surface area contributed by atoms with Gasteiger partial charge < -0.3 is 24.2 Å². The van der Waals surface area contributed by atoms with Gasteiger partial charge in [0.1, 0.15) is 29.7 Å². The molecule has 2 atom stereocenters. The fraction of sp³-hybridized carbons (Fsp3) is 0.346. The molecule has 1 aliphatic heterocycles. The minimum absolute atomic E-state index is 0.0481. The minimum atomic E-state index is -4.77. The molecule has 1 saturated carbocycles. The van der Waals surface area contributed by atoms with Gasteiger partial charge >= 0.3 is 6.18 Å². The van der Waals surface area contributed by atoms with E-state index in [4.69, 9.17) is 13.8 Å². The number of hydrogen-bond acceptors (Lipinski definition) is 8. The van der Waals surface area contributed by atoms with Crippen molar-refractivity contribution in [2.45, 2.75) is 37.6 Å². The number of alkyl halides is 3. The molecule has 6 rings (SSSR count). The van der Waals surface area contributed by atoms with Gasteiger partial charge in [-0.1, -0.05) is 59.2 Å². The smallest absolute Gasteiger partial charge is 0.422 e. The van der Waals surface area contributed by atoms with Crippen LogP contribution in [-0.2, 0) is 6.18 Å². The lowest BCUT2D eigenvalue weighted by Gasteiger charge is -2.34. The highest BCUT2D eigenvalue weighted by atomic mass is 19.4. The van der Waals surface area contributed by atoms with E-state index >= 15 is 0 Å². The summed E-state index contributed by atoms with van der Waals surface area (Å²) in [5.74, 6) is 0.0485. The van der Waals surface area contributed by atoms with Crippen LogP contribution in [0.15, 0.2) is 57.6 Å². The largest absolute Gasteiger partial charge is 0.491 e. The average Bonchev–Trinajstić information content (AvgIpc) is 3.52. The third kappa shape index (κ3) is 4.49. The van der Waals surface area contributed by atoms with Crippen molar-refractivity contribution in [1.29, 1.82) is 0 Å². The zero-order valence-corrected chi connectivity index (χ0v) is 19.5. The molecule has 8 nitrogen and oxygen atoms in total. The van der Waals surface area contributed by atoms with Crippen LogP contribution in [0.1, 0.15) is 36.5 Å². The van der Waals surface area contributed by atoms with Crippen molar-refractivity contribution in [3.8, 4) is 40.0 Å². The molecule has 0 unspecified atom stereocenters. The Morgan fingerprint density at radius 2 is 1.81 bits per heavy atom. The van der Waals surface area contributed by atoms with Crippen molar-refractivity contribution in [2.24, 2.45) is 5.92 Å². The second-order valence-corrected chi connectivity index (χ2v) is 9.34. The van der Waals surface area contributed by atoms with E-state index < -0.39 is 29.5 Å². The van der Waals surface area contributed by atoms with Gasteiger partial charge in [-0.25, -0.2) is 0 Å². The number of rotatable bonds is 6. The predicted molar refractivity (Wildman–Crippen MR) is 125 cm³/mol. The first-order chi connectivity index (χ1) is 17.9. The van der Waals surface area contributed by atoms with Gasteiger partial charge in [0.2, 0.25) is 11.6 Å². The van der Waals surface area contributed by atoms with E-state index in [-0.39, 0.29) is 29.7 Å². The minimum Gasteiger partial charge on any atom is -0.491 e.